The van der Waals surface area contributed by atoms with Gasteiger partial charge in [0.05, 0.1) is 6.26 Å². The van der Waals surface area contributed by atoms with E-state index in [-0.39, 0.29) is 12.2 Å². The lowest BCUT2D eigenvalue weighted by molar-refractivity contribution is -0.137. The molecule has 0 bridgehead atoms. The van der Waals surface area contributed by atoms with Crippen LogP contribution in [-0.4, -0.2) is 40.5 Å². The van der Waals surface area contributed by atoms with Crippen molar-refractivity contribution in [3.63, 3.8) is 0 Å². The molecule has 0 unspecified atom stereocenters. The van der Waals surface area contributed by atoms with Crippen molar-refractivity contribution < 1.29 is 19.1 Å². The van der Waals surface area contributed by atoms with E-state index in [4.69, 9.17) is 9.52 Å². The number of thiazole rings is 1. The van der Waals surface area contributed by atoms with Gasteiger partial charge in [-0.25, -0.2) is 4.98 Å². The molecule has 100 valence electrons. The van der Waals surface area contributed by atoms with Crippen LogP contribution in [0.1, 0.15) is 15.4 Å². The fourth-order valence-electron chi connectivity index (χ4n) is 1.56. The summed E-state index contributed by atoms with van der Waals surface area (Å²) in [5.74, 6) is -0.878. The molecule has 0 saturated heterocycles. The lowest BCUT2D eigenvalue weighted by atomic mass is 10.3. The number of aryl methyl sites for hydroxylation is 1. The number of aliphatic carboxylic acids is 1. The summed E-state index contributed by atoms with van der Waals surface area (Å²) in [6, 6.07) is 3.50. The molecular formula is C12H12N2O4S. The van der Waals surface area contributed by atoms with Gasteiger partial charge in [-0.3, -0.25) is 9.59 Å². The Kier molecular flexibility index (Phi) is 3.66. The van der Waals surface area contributed by atoms with Gasteiger partial charge in [0.25, 0.3) is 5.91 Å². The first-order chi connectivity index (χ1) is 8.99. The van der Waals surface area contributed by atoms with Crippen LogP contribution in [0, 0.1) is 6.92 Å². The third kappa shape index (κ3) is 2.82. The van der Waals surface area contributed by atoms with Crippen molar-refractivity contribution in [1.82, 2.24) is 9.88 Å². The van der Waals surface area contributed by atoms with Crippen LogP contribution in [0.3, 0.4) is 0 Å². The number of carboxylic acid groups (broad SMARTS) is 1. The van der Waals surface area contributed by atoms with Crippen LogP contribution in [0.4, 0.5) is 0 Å². The van der Waals surface area contributed by atoms with E-state index in [0.717, 1.165) is 9.78 Å². The van der Waals surface area contributed by atoms with E-state index in [2.05, 4.69) is 4.98 Å². The van der Waals surface area contributed by atoms with Crippen molar-refractivity contribution >= 4 is 23.2 Å². The maximum atomic E-state index is 12.1. The summed E-state index contributed by atoms with van der Waals surface area (Å²) in [4.78, 5) is 28.7. The van der Waals surface area contributed by atoms with Gasteiger partial charge in [-0.15, -0.1) is 11.3 Å². The van der Waals surface area contributed by atoms with Crippen molar-refractivity contribution in [3.8, 4) is 10.8 Å². The Bertz CT molecular complexity index is 603. The van der Waals surface area contributed by atoms with Crippen molar-refractivity contribution in [2.45, 2.75) is 6.92 Å². The van der Waals surface area contributed by atoms with Crippen molar-refractivity contribution in [3.05, 3.63) is 29.0 Å². The third-order valence-corrected chi connectivity index (χ3v) is 3.44. The minimum atomic E-state index is -1.06. The average molecular weight is 280 g/mol. The molecule has 0 aliphatic rings. The molecule has 2 rings (SSSR count). The van der Waals surface area contributed by atoms with Crippen LogP contribution in [0.5, 0.6) is 0 Å². The molecule has 1 N–H and O–H groups in total. The number of amides is 1. The lowest BCUT2D eigenvalue weighted by Crippen LogP contribution is -2.32. The first kappa shape index (κ1) is 13.3. The van der Waals surface area contributed by atoms with E-state index in [0.29, 0.717) is 10.8 Å². The number of carboxylic acids is 1. The number of furan rings is 1. The molecule has 0 spiro atoms. The minimum Gasteiger partial charge on any atom is -0.480 e. The van der Waals surface area contributed by atoms with Gasteiger partial charge in [0, 0.05) is 11.9 Å². The van der Waals surface area contributed by atoms with Crippen LogP contribution in [0.15, 0.2) is 22.8 Å². The highest BCUT2D eigenvalue weighted by atomic mass is 32.1. The van der Waals surface area contributed by atoms with Gasteiger partial charge >= 0.3 is 5.97 Å². The van der Waals surface area contributed by atoms with Crippen molar-refractivity contribution in [2.24, 2.45) is 0 Å². The molecule has 1 amide bonds. The number of nitrogens with zero attached hydrogens (tertiary/aromatic N) is 2. The average Bonchev–Trinajstić information content (AvgIpc) is 2.95. The van der Waals surface area contributed by atoms with Gasteiger partial charge in [0.2, 0.25) is 0 Å². The first-order valence-corrected chi connectivity index (χ1v) is 6.29. The second-order valence-corrected chi connectivity index (χ2v) is 5.16. The Hall–Kier alpha value is -2.15. The molecule has 2 aromatic rings. The maximum Gasteiger partial charge on any atom is 0.323 e. The zero-order chi connectivity index (χ0) is 14.0. The number of aromatic nitrogens is 1. The molecule has 19 heavy (non-hydrogen) atoms. The first-order valence-electron chi connectivity index (χ1n) is 5.47. The van der Waals surface area contributed by atoms with Crippen LogP contribution in [0.25, 0.3) is 10.8 Å². The van der Waals surface area contributed by atoms with Crippen molar-refractivity contribution in [1.29, 1.82) is 0 Å². The molecule has 6 nitrogen and oxygen atoms in total. The third-order valence-electron chi connectivity index (χ3n) is 2.45. The highest BCUT2D eigenvalue weighted by Crippen LogP contribution is 2.28. The van der Waals surface area contributed by atoms with Gasteiger partial charge in [-0.05, 0) is 19.1 Å². The van der Waals surface area contributed by atoms with Gasteiger partial charge in [-0.1, -0.05) is 0 Å². The van der Waals surface area contributed by atoms with Gasteiger partial charge in [0.1, 0.15) is 12.2 Å². The number of likely N-dealkylation sites (N-methyl/N-ethyl adjacent to an activating group) is 1. The number of carbonyl (C=O) groups excluding carboxylic acids is 1. The molecule has 0 atom stereocenters. The Morgan fingerprint density at radius 3 is 2.84 bits per heavy atom. The summed E-state index contributed by atoms with van der Waals surface area (Å²) in [6.45, 7) is 1.41. The lowest BCUT2D eigenvalue weighted by Gasteiger charge is -2.12. The summed E-state index contributed by atoms with van der Waals surface area (Å²) < 4.78 is 5.22. The largest absolute Gasteiger partial charge is 0.480 e. The highest BCUT2D eigenvalue weighted by molar-refractivity contribution is 7.15. The second kappa shape index (κ2) is 5.23. The van der Waals surface area contributed by atoms with E-state index in [1.54, 1.807) is 19.1 Å². The monoisotopic (exact) mass is 280 g/mol. The summed E-state index contributed by atoms with van der Waals surface area (Å²) in [5.41, 5.74) is 0.264. The Balaban J connectivity index is 2.26. The van der Waals surface area contributed by atoms with E-state index < -0.39 is 11.9 Å². The smallest absolute Gasteiger partial charge is 0.323 e. The fraction of sp³-hybridized carbons (Fsp3) is 0.250. The van der Waals surface area contributed by atoms with Gasteiger partial charge in [-0.2, -0.15) is 0 Å². The second-order valence-electron chi connectivity index (χ2n) is 3.96. The zero-order valence-corrected chi connectivity index (χ0v) is 11.2. The standard InChI is InChI=1S/C12H12N2O4S/c1-7-10(12(17)14(2)6-9(15)16)13-11(19-7)8-4-3-5-18-8/h3-5H,6H2,1-2H3,(H,15,16). The molecule has 0 aliphatic carbocycles. The van der Waals surface area contributed by atoms with Crippen LogP contribution >= 0.6 is 11.3 Å². The number of hydrogen-bond acceptors (Lipinski definition) is 5. The van der Waals surface area contributed by atoms with Gasteiger partial charge < -0.3 is 14.4 Å². The zero-order valence-electron chi connectivity index (χ0n) is 10.4. The molecule has 0 saturated carbocycles. The highest BCUT2D eigenvalue weighted by Gasteiger charge is 2.21. The number of carbonyl (C=O) groups is 2. The number of hydrogen-bond donors (Lipinski definition) is 1. The van der Waals surface area contributed by atoms with E-state index in [1.807, 2.05) is 0 Å². The quantitative estimate of drug-likeness (QED) is 0.924. The van der Waals surface area contributed by atoms with Crippen LogP contribution < -0.4 is 0 Å². The molecule has 0 fully saturated rings. The minimum absolute atomic E-state index is 0.264. The fourth-order valence-corrected chi connectivity index (χ4v) is 2.43. The molecule has 0 aromatic carbocycles. The molecule has 2 aromatic heterocycles. The van der Waals surface area contributed by atoms with Gasteiger partial charge in [0.15, 0.2) is 10.8 Å². The molecule has 2 heterocycles. The Morgan fingerprint density at radius 2 is 2.26 bits per heavy atom. The van der Waals surface area contributed by atoms with E-state index in [9.17, 15) is 9.59 Å². The molecule has 0 radical (unpaired) electrons. The maximum absolute atomic E-state index is 12.1. The topological polar surface area (TPSA) is 83.6 Å². The van der Waals surface area contributed by atoms with Crippen LogP contribution in [0.2, 0.25) is 0 Å². The predicted octanol–water partition coefficient (Wildman–Crippen LogP) is 1.87. The summed E-state index contributed by atoms with van der Waals surface area (Å²) >= 11 is 1.34. The van der Waals surface area contributed by atoms with E-state index in [1.165, 1.54) is 24.6 Å². The van der Waals surface area contributed by atoms with Crippen molar-refractivity contribution in [2.75, 3.05) is 13.6 Å². The molecular weight excluding hydrogens is 268 g/mol. The summed E-state index contributed by atoms with van der Waals surface area (Å²) in [6.07, 6.45) is 1.53. The summed E-state index contributed by atoms with van der Waals surface area (Å²) in [5, 5.41) is 9.28. The normalized spacial score (nSPS) is 10.4. The van der Waals surface area contributed by atoms with Crippen LogP contribution in [-0.2, 0) is 4.79 Å². The Morgan fingerprint density at radius 1 is 1.53 bits per heavy atom. The Labute approximate surface area is 113 Å². The number of rotatable bonds is 4. The molecule has 7 heteroatoms. The summed E-state index contributed by atoms with van der Waals surface area (Å²) in [7, 11) is 1.43. The van der Waals surface area contributed by atoms with E-state index >= 15 is 0 Å². The SMILES string of the molecule is Cc1sc(-c2ccco2)nc1C(=O)N(C)CC(=O)O. The molecule has 0 aliphatic heterocycles. The predicted molar refractivity (Wildman–Crippen MR) is 69.1 cm³/mol.